The molecule has 0 fully saturated rings. The molecule has 0 radical (unpaired) electrons. The van der Waals surface area contributed by atoms with Crippen molar-refractivity contribution < 1.29 is 4.79 Å². The predicted molar refractivity (Wildman–Crippen MR) is 92.4 cm³/mol. The monoisotopic (exact) mass is 314 g/mol. The Hall–Kier alpha value is -2.14. The summed E-state index contributed by atoms with van der Waals surface area (Å²) in [5.41, 5.74) is 1.89. The maximum atomic E-state index is 12.2. The molecule has 2 aromatic rings. The zero-order chi connectivity index (χ0) is 17.0. The molecular formula is C18H26N4O. The zero-order valence-electron chi connectivity index (χ0n) is 14.6. The number of hydrogen-bond donors (Lipinski definition) is 1. The molecule has 5 nitrogen and oxygen atoms in total. The molecule has 1 aromatic heterocycles. The number of hydrogen-bond acceptors (Lipinski definition) is 3. The molecule has 1 N–H and O–H groups in total. The third-order valence-corrected chi connectivity index (χ3v) is 3.63. The van der Waals surface area contributed by atoms with Crippen molar-refractivity contribution in [1.29, 1.82) is 0 Å². The van der Waals surface area contributed by atoms with Crippen LogP contribution in [-0.2, 0) is 11.3 Å². The molecule has 23 heavy (non-hydrogen) atoms. The summed E-state index contributed by atoms with van der Waals surface area (Å²) in [5, 5.41) is 7.41. The number of benzene rings is 1. The number of carbonyl (C=O) groups is 1. The Morgan fingerprint density at radius 1 is 1.30 bits per heavy atom. The van der Waals surface area contributed by atoms with Crippen LogP contribution in [-0.4, -0.2) is 39.2 Å². The molecule has 0 spiro atoms. The van der Waals surface area contributed by atoms with Crippen molar-refractivity contribution in [2.75, 3.05) is 7.05 Å². The van der Waals surface area contributed by atoms with Gasteiger partial charge in [0, 0.05) is 23.8 Å². The smallest absolute Gasteiger partial charge is 0.237 e. The molecule has 1 amide bonds. The molecule has 1 aromatic carbocycles. The number of nitrogens with one attached hydrogen (secondary N) is 1. The van der Waals surface area contributed by atoms with Crippen LogP contribution in [0.3, 0.4) is 0 Å². The van der Waals surface area contributed by atoms with Crippen molar-refractivity contribution in [2.45, 2.75) is 45.8 Å². The van der Waals surface area contributed by atoms with Gasteiger partial charge in [0.15, 0.2) is 0 Å². The minimum Gasteiger partial charge on any atom is -0.350 e. The molecule has 0 aliphatic carbocycles. The van der Waals surface area contributed by atoms with Crippen LogP contribution in [0, 0.1) is 0 Å². The molecule has 124 valence electrons. The molecule has 0 aliphatic heterocycles. The van der Waals surface area contributed by atoms with E-state index in [0.717, 1.165) is 11.3 Å². The number of para-hydroxylation sites is 1. The van der Waals surface area contributed by atoms with Crippen molar-refractivity contribution in [3.8, 4) is 5.69 Å². The van der Waals surface area contributed by atoms with Gasteiger partial charge in [-0.25, -0.2) is 4.68 Å². The molecular weight excluding hydrogens is 288 g/mol. The standard InChI is InChI=1S/C18H26N4O/c1-14(17(23)20-18(2,3)4)21(5)12-15-11-19-22(13-15)16-9-7-6-8-10-16/h6-11,13-14H,12H2,1-5H3,(H,20,23). The summed E-state index contributed by atoms with van der Waals surface area (Å²) < 4.78 is 1.85. The van der Waals surface area contributed by atoms with Crippen LogP contribution in [0.2, 0.25) is 0 Å². The van der Waals surface area contributed by atoms with Crippen LogP contribution in [0.15, 0.2) is 42.7 Å². The second kappa shape index (κ2) is 6.96. The number of rotatable bonds is 5. The third-order valence-electron chi connectivity index (χ3n) is 3.63. The van der Waals surface area contributed by atoms with Crippen molar-refractivity contribution in [2.24, 2.45) is 0 Å². The van der Waals surface area contributed by atoms with E-state index in [2.05, 4.69) is 10.4 Å². The van der Waals surface area contributed by atoms with E-state index in [4.69, 9.17) is 0 Å². The van der Waals surface area contributed by atoms with Gasteiger partial charge in [0.05, 0.1) is 17.9 Å². The molecule has 0 aliphatic rings. The predicted octanol–water partition coefficient (Wildman–Crippen LogP) is 2.61. The average molecular weight is 314 g/mol. The van der Waals surface area contributed by atoms with Gasteiger partial charge in [-0.3, -0.25) is 9.69 Å². The maximum absolute atomic E-state index is 12.2. The van der Waals surface area contributed by atoms with Crippen LogP contribution in [0.1, 0.15) is 33.3 Å². The summed E-state index contributed by atoms with van der Waals surface area (Å²) in [4.78, 5) is 14.3. The van der Waals surface area contributed by atoms with E-state index in [9.17, 15) is 4.79 Å². The van der Waals surface area contributed by atoms with E-state index in [1.807, 2.05) is 87.0 Å². The van der Waals surface area contributed by atoms with Crippen molar-refractivity contribution in [1.82, 2.24) is 20.0 Å². The third kappa shape index (κ3) is 4.93. The molecule has 5 heteroatoms. The molecule has 0 saturated carbocycles. The van der Waals surface area contributed by atoms with E-state index >= 15 is 0 Å². The summed E-state index contributed by atoms with van der Waals surface area (Å²) in [6, 6.07) is 9.79. The molecule has 1 atom stereocenters. The zero-order valence-corrected chi connectivity index (χ0v) is 14.6. The average Bonchev–Trinajstić information content (AvgIpc) is 2.94. The molecule has 1 unspecified atom stereocenters. The number of nitrogens with zero attached hydrogens (tertiary/aromatic N) is 3. The first-order valence-corrected chi connectivity index (χ1v) is 7.87. The second-order valence-corrected chi connectivity index (χ2v) is 6.96. The maximum Gasteiger partial charge on any atom is 0.237 e. The highest BCUT2D eigenvalue weighted by molar-refractivity contribution is 5.81. The number of carbonyl (C=O) groups excluding carboxylic acids is 1. The molecule has 0 bridgehead atoms. The largest absolute Gasteiger partial charge is 0.350 e. The van der Waals surface area contributed by atoms with Crippen molar-refractivity contribution in [3.05, 3.63) is 48.3 Å². The Kier molecular flexibility index (Phi) is 5.21. The quantitative estimate of drug-likeness (QED) is 0.923. The topological polar surface area (TPSA) is 50.2 Å². The van der Waals surface area contributed by atoms with E-state index in [1.165, 1.54) is 0 Å². The van der Waals surface area contributed by atoms with Gasteiger partial charge >= 0.3 is 0 Å². The van der Waals surface area contributed by atoms with Crippen molar-refractivity contribution in [3.63, 3.8) is 0 Å². The SMILES string of the molecule is CC(C(=O)NC(C)(C)C)N(C)Cc1cnn(-c2ccccc2)c1. The van der Waals surface area contributed by atoms with Gasteiger partial charge in [-0.1, -0.05) is 18.2 Å². The van der Waals surface area contributed by atoms with Gasteiger partial charge < -0.3 is 5.32 Å². The van der Waals surface area contributed by atoms with Crippen LogP contribution in [0.25, 0.3) is 5.69 Å². The first-order chi connectivity index (χ1) is 10.8. The Labute approximate surface area is 138 Å². The molecule has 0 saturated heterocycles. The molecule has 1 heterocycles. The van der Waals surface area contributed by atoms with Gasteiger partial charge in [-0.2, -0.15) is 5.10 Å². The van der Waals surface area contributed by atoms with Gasteiger partial charge in [0.1, 0.15) is 0 Å². The summed E-state index contributed by atoms with van der Waals surface area (Å²) in [7, 11) is 1.95. The minimum absolute atomic E-state index is 0.0375. The summed E-state index contributed by atoms with van der Waals surface area (Å²) in [6.45, 7) is 8.55. The number of aromatic nitrogens is 2. The number of amides is 1. The Morgan fingerprint density at radius 2 is 1.96 bits per heavy atom. The summed E-state index contributed by atoms with van der Waals surface area (Å²) in [5.74, 6) is 0.0375. The van der Waals surface area contributed by atoms with E-state index in [-0.39, 0.29) is 17.5 Å². The summed E-state index contributed by atoms with van der Waals surface area (Å²) in [6.07, 6.45) is 3.85. The van der Waals surface area contributed by atoms with E-state index in [1.54, 1.807) is 0 Å². The van der Waals surface area contributed by atoms with Gasteiger partial charge in [-0.15, -0.1) is 0 Å². The highest BCUT2D eigenvalue weighted by atomic mass is 16.2. The molecule has 2 rings (SSSR count). The van der Waals surface area contributed by atoms with Crippen LogP contribution in [0.4, 0.5) is 0 Å². The summed E-state index contributed by atoms with van der Waals surface area (Å²) >= 11 is 0. The first kappa shape index (κ1) is 17.2. The minimum atomic E-state index is -0.218. The van der Waals surface area contributed by atoms with Gasteiger partial charge in [0.25, 0.3) is 0 Å². The fourth-order valence-corrected chi connectivity index (χ4v) is 2.26. The van der Waals surface area contributed by atoms with Crippen LogP contribution < -0.4 is 5.32 Å². The Bertz CT molecular complexity index is 643. The highest BCUT2D eigenvalue weighted by Gasteiger charge is 2.22. The van der Waals surface area contributed by atoms with E-state index < -0.39 is 0 Å². The Morgan fingerprint density at radius 3 is 2.57 bits per heavy atom. The van der Waals surface area contributed by atoms with Gasteiger partial charge in [-0.05, 0) is 46.9 Å². The lowest BCUT2D eigenvalue weighted by molar-refractivity contribution is -0.127. The van der Waals surface area contributed by atoms with Crippen LogP contribution >= 0.6 is 0 Å². The Balaban J connectivity index is 1.99. The fourth-order valence-electron chi connectivity index (χ4n) is 2.26. The number of likely N-dealkylation sites (N-methyl/N-ethyl adjacent to an activating group) is 1. The van der Waals surface area contributed by atoms with Crippen LogP contribution in [0.5, 0.6) is 0 Å². The fraction of sp³-hybridized carbons (Fsp3) is 0.444. The van der Waals surface area contributed by atoms with Gasteiger partial charge in [0.2, 0.25) is 5.91 Å². The lowest BCUT2D eigenvalue weighted by Crippen LogP contribution is -2.49. The lowest BCUT2D eigenvalue weighted by atomic mass is 10.1. The van der Waals surface area contributed by atoms with E-state index in [0.29, 0.717) is 6.54 Å². The van der Waals surface area contributed by atoms with Crippen molar-refractivity contribution >= 4 is 5.91 Å². The normalized spacial score (nSPS) is 13.1. The first-order valence-electron chi connectivity index (χ1n) is 7.87. The second-order valence-electron chi connectivity index (χ2n) is 6.96. The lowest BCUT2D eigenvalue weighted by Gasteiger charge is -2.28. The highest BCUT2D eigenvalue weighted by Crippen LogP contribution is 2.11.